The SMILES string of the molecule is N=C(N)c1ccc(OCCN(CCOc2ccc(C(=N)N)cc2)c2ccccc2)cc1. The number of nitrogens with one attached hydrogen (secondary N) is 2. The van der Waals surface area contributed by atoms with Crippen molar-refractivity contribution in [3.63, 3.8) is 0 Å². The fraction of sp³-hybridized carbons (Fsp3) is 0.167. The van der Waals surface area contributed by atoms with Crippen LogP contribution in [0.2, 0.25) is 0 Å². The molecule has 0 amide bonds. The van der Waals surface area contributed by atoms with Crippen LogP contribution in [0.25, 0.3) is 0 Å². The Morgan fingerprint density at radius 2 is 1.06 bits per heavy atom. The number of hydrogen-bond acceptors (Lipinski definition) is 5. The Morgan fingerprint density at radius 1 is 0.645 bits per heavy atom. The quantitative estimate of drug-likeness (QED) is 0.282. The largest absolute Gasteiger partial charge is 0.492 e. The zero-order valence-corrected chi connectivity index (χ0v) is 17.3. The molecule has 0 aromatic heterocycles. The number of amidine groups is 2. The van der Waals surface area contributed by atoms with Crippen LogP contribution in [0.15, 0.2) is 78.9 Å². The summed E-state index contributed by atoms with van der Waals surface area (Å²) >= 11 is 0. The van der Waals surface area contributed by atoms with Crippen LogP contribution in [0.4, 0.5) is 5.69 Å². The van der Waals surface area contributed by atoms with Crippen LogP contribution >= 0.6 is 0 Å². The summed E-state index contributed by atoms with van der Waals surface area (Å²) in [5.74, 6) is 1.55. The minimum Gasteiger partial charge on any atom is -0.492 e. The number of nitrogens with zero attached hydrogens (tertiary/aromatic N) is 1. The average Bonchev–Trinajstić information content (AvgIpc) is 2.79. The molecule has 0 atom stereocenters. The van der Waals surface area contributed by atoms with E-state index in [1.54, 1.807) is 24.3 Å². The summed E-state index contributed by atoms with van der Waals surface area (Å²) in [7, 11) is 0. The molecule has 7 nitrogen and oxygen atoms in total. The van der Waals surface area contributed by atoms with Crippen LogP contribution in [0.1, 0.15) is 11.1 Å². The van der Waals surface area contributed by atoms with Gasteiger partial charge in [0.05, 0.1) is 13.1 Å². The second-order valence-electron chi connectivity index (χ2n) is 6.90. The van der Waals surface area contributed by atoms with Crippen molar-refractivity contribution in [1.29, 1.82) is 10.8 Å². The molecule has 0 bridgehead atoms. The van der Waals surface area contributed by atoms with Crippen LogP contribution in [-0.2, 0) is 0 Å². The lowest BCUT2D eigenvalue weighted by atomic mass is 10.2. The minimum absolute atomic E-state index is 0.0396. The van der Waals surface area contributed by atoms with Gasteiger partial charge in [-0.15, -0.1) is 0 Å². The topological polar surface area (TPSA) is 121 Å². The van der Waals surface area contributed by atoms with Crippen LogP contribution < -0.4 is 25.8 Å². The monoisotopic (exact) mass is 417 g/mol. The van der Waals surface area contributed by atoms with E-state index in [0.29, 0.717) is 37.4 Å². The predicted molar refractivity (Wildman–Crippen MR) is 125 cm³/mol. The maximum atomic E-state index is 7.45. The normalized spacial score (nSPS) is 10.3. The Bertz CT molecular complexity index is 925. The molecule has 0 unspecified atom stereocenters. The van der Waals surface area contributed by atoms with E-state index in [1.165, 1.54) is 0 Å². The summed E-state index contributed by atoms with van der Waals surface area (Å²) in [6.45, 7) is 2.37. The first kappa shape index (κ1) is 21.7. The van der Waals surface area contributed by atoms with E-state index < -0.39 is 0 Å². The number of hydrogen-bond donors (Lipinski definition) is 4. The van der Waals surface area contributed by atoms with Crippen LogP contribution in [0, 0.1) is 10.8 Å². The number of anilines is 1. The lowest BCUT2D eigenvalue weighted by molar-refractivity contribution is 0.303. The standard InChI is InChI=1S/C24H27N5O2/c25-23(26)18-6-10-21(11-7-18)30-16-14-29(20-4-2-1-3-5-20)15-17-31-22-12-8-19(9-13-22)24(27)28/h1-13H,14-17H2,(H3,25,26)(H3,27,28). The predicted octanol–water partition coefficient (Wildman–Crippen LogP) is 3.22. The Morgan fingerprint density at radius 3 is 1.45 bits per heavy atom. The van der Waals surface area contributed by atoms with E-state index in [4.69, 9.17) is 31.8 Å². The van der Waals surface area contributed by atoms with Gasteiger partial charge < -0.3 is 25.8 Å². The van der Waals surface area contributed by atoms with E-state index in [0.717, 1.165) is 17.2 Å². The van der Waals surface area contributed by atoms with Crippen molar-refractivity contribution in [2.75, 3.05) is 31.2 Å². The van der Waals surface area contributed by atoms with Crippen LogP contribution in [-0.4, -0.2) is 38.0 Å². The molecule has 160 valence electrons. The summed E-state index contributed by atoms with van der Waals surface area (Å²) in [6, 6.07) is 24.5. The molecule has 31 heavy (non-hydrogen) atoms. The smallest absolute Gasteiger partial charge is 0.122 e. The summed E-state index contributed by atoms with van der Waals surface area (Å²) in [5, 5.41) is 14.9. The van der Waals surface area contributed by atoms with Gasteiger partial charge in [-0.05, 0) is 60.7 Å². The summed E-state index contributed by atoms with van der Waals surface area (Å²) < 4.78 is 11.7. The van der Waals surface area contributed by atoms with E-state index in [-0.39, 0.29) is 11.7 Å². The van der Waals surface area contributed by atoms with Crippen molar-refractivity contribution in [2.24, 2.45) is 11.5 Å². The first-order valence-corrected chi connectivity index (χ1v) is 9.97. The van der Waals surface area contributed by atoms with Crippen LogP contribution in [0.5, 0.6) is 11.5 Å². The van der Waals surface area contributed by atoms with Crippen molar-refractivity contribution >= 4 is 17.4 Å². The molecule has 0 radical (unpaired) electrons. The second kappa shape index (κ2) is 10.7. The van der Waals surface area contributed by atoms with Gasteiger partial charge in [-0.25, -0.2) is 0 Å². The second-order valence-corrected chi connectivity index (χ2v) is 6.90. The molecule has 3 rings (SSSR count). The Labute approximate surface area is 182 Å². The molecule has 0 heterocycles. The van der Waals surface area contributed by atoms with Crippen molar-refractivity contribution in [3.8, 4) is 11.5 Å². The molecule has 0 spiro atoms. The van der Waals surface area contributed by atoms with Gasteiger partial charge in [0, 0.05) is 16.8 Å². The zero-order valence-electron chi connectivity index (χ0n) is 17.3. The molecule has 3 aromatic rings. The number of rotatable bonds is 11. The molecule has 0 aliphatic rings. The molecular weight excluding hydrogens is 390 g/mol. The Balaban J connectivity index is 1.54. The Hall–Kier alpha value is -4.00. The highest BCUT2D eigenvalue weighted by Gasteiger charge is 2.08. The molecule has 0 aliphatic heterocycles. The van der Waals surface area contributed by atoms with Gasteiger partial charge in [0.1, 0.15) is 36.4 Å². The summed E-state index contributed by atoms with van der Waals surface area (Å²) in [5.41, 5.74) is 13.4. The fourth-order valence-corrected chi connectivity index (χ4v) is 3.02. The molecule has 7 heteroatoms. The third-order valence-corrected chi connectivity index (χ3v) is 4.71. The number of nitrogen functional groups attached to an aromatic ring is 2. The zero-order chi connectivity index (χ0) is 22.1. The molecular formula is C24H27N5O2. The molecule has 3 aromatic carbocycles. The van der Waals surface area contributed by atoms with Crippen molar-refractivity contribution in [3.05, 3.63) is 90.0 Å². The van der Waals surface area contributed by atoms with Gasteiger partial charge in [-0.1, -0.05) is 18.2 Å². The van der Waals surface area contributed by atoms with Gasteiger partial charge in [0.2, 0.25) is 0 Å². The maximum absolute atomic E-state index is 7.45. The van der Waals surface area contributed by atoms with E-state index in [9.17, 15) is 0 Å². The van der Waals surface area contributed by atoms with Gasteiger partial charge in [-0.3, -0.25) is 10.8 Å². The maximum Gasteiger partial charge on any atom is 0.122 e. The molecule has 0 saturated heterocycles. The van der Waals surface area contributed by atoms with E-state index in [2.05, 4.69) is 17.0 Å². The number of ether oxygens (including phenoxy) is 2. The third kappa shape index (κ3) is 6.50. The van der Waals surface area contributed by atoms with E-state index >= 15 is 0 Å². The van der Waals surface area contributed by atoms with Crippen molar-refractivity contribution < 1.29 is 9.47 Å². The highest BCUT2D eigenvalue weighted by Crippen LogP contribution is 2.16. The average molecular weight is 418 g/mol. The molecule has 6 N–H and O–H groups in total. The van der Waals surface area contributed by atoms with Crippen molar-refractivity contribution in [2.45, 2.75) is 0 Å². The fourth-order valence-electron chi connectivity index (χ4n) is 3.02. The highest BCUT2D eigenvalue weighted by molar-refractivity contribution is 5.95. The van der Waals surface area contributed by atoms with Crippen LogP contribution in [0.3, 0.4) is 0 Å². The number of para-hydroxylation sites is 1. The Kier molecular flexibility index (Phi) is 7.48. The van der Waals surface area contributed by atoms with Gasteiger partial charge in [0.15, 0.2) is 0 Å². The summed E-state index contributed by atoms with van der Waals surface area (Å²) in [6.07, 6.45) is 0. The number of benzene rings is 3. The van der Waals surface area contributed by atoms with Gasteiger partial charge >= 0.3 is 0 Å². The van der Waals surface area contributed by atoms with Crippen molar-refractivity contribution in [1.82, 2.24) is 0 Å². The molecule has 0 fully saturated rings. The van der Waals surface area contributed by atoms with E-state index in [1.807, 2.05) is 42.5 Å². The highest BCUT2D eigenvalue weighted by atomic mass is 16.5. The lowest BCUT2D eigenvalue weighted by Gasteiger charge is -2.25. The lowest BCUT2D eigenvalue weighted by Crippen LogP contribution is -2.32. The molecule has 0 saturated carbocycles. The number of nitrogens with two attached hydrogens (primary N) is 2. The van der Waals surface area contributed by atoms with Gasteiger partial charge in [-0.2, -0.15) is 0 Å². The minimum atomic E-state index is 0.0396. The first-order chi connectivity index (χ1) is 15.0. The summed E-state index contributed by atoms with van der Waals surface area (Å²) in [4.78, 5) is 2.20. The molecule has 0 aliphatic carbocycles. The third-order valence-electron chi connectivity index (χ3n) is 4.71. The first-order valence-electron chi connectivity index (χ1n) is 9.97. The van der Waals surface area contributed by atoms with Gasteiger partial charge in [0.25, 0.3) is 0 Å².